The summed E-state index contributed by atoms with van der Waals surface area (Å²) in [6.07, 6.45) is -0.872. The summed E-state index contributed by atoms with van der Waals surface area (Å²) in [6, 6.07) is 10.4. The van der Waals surface area contributed by atoms with E-state index >= 15 is 0 Å². The van der Waals surface area contributed by atoms with Gasteiger partial charge < -0.3 is 14.2 Å². The van der Waals surface area contributed by atoms with Crippen molar-refractivity contribution in [1.82, 2.24) is 0 Å². The summed E-state index contributed by atoms with van der Waals surface area (Å²) in [5.41, 5.74) is 2.73. The maximum absolute atomic E-state index is 12.5. The Morgan fingerprint density at radius 1 is 1.04 bits per heavy atom. The zero-order chi connectivity index (χ0) is 17.3. The Labute approximate surface area is 140 Å². The monoisotopic (exact) mass is 326 g/mol. The predicted octanol–water partition coefficient (Wildman–Crippen LogP) is 3.46. The molecule has 0 N–H and O–H groups in total. The zero-order valence-electron chi connectivity index (χ0n) is 13.8. The van der Waals surface area contributed by atoms with Crippen LogP contribution in [0.3, 0.4) is 0 Å². The van der Waals surface area contributed by atoms with Crippen LogP contribution < -0.4 is 9.47 Å². The maximum atomic E-state index is 12.5. The van der Waals surface area contributed by atoms with Crippen molar-refractivity contribution in [2.24, 2.45) is 0 Å². The van der Waals surface area contributed by atoms with Crippen LogP contribution in [0.25, 0.3) is 0 Å². The molecule has 1 atom stereocenters. The standard InChI is InChI=1S/C19H18O5/c1-11-4-5-12(2)15(8-11)18(20)13(3)24-19(21)14-6-7-16-17(9-14)23-10-22-16/h4-9,13H,10H2,1-3H3/t13-/m1/s1. The molecule has 2 aromatic rings. The minimum Gasteiger partial charge on any atom is -0.454 e. The molecule has 5 nitrogen and oxygen atoms in total. The van der Waals surface area contributed by atoms with Crippen LogP contribution in [0.5, 0.6) is 11.5 Å². The number of hydrogen-bond donors (Lipinski definition) is 0. The molecular weight excluding hydrogens is 308 g/mol. The van der Waals surface area contributed by atoms with E-state index < -0.39 is 12.1 Å². The number of rotatable bonds is 4. The molecule has 1 aliphatic rings. The van der Waals surface area contributed by atoms with Crippen molar-refractivity contribution in [3.05, 3.63) is 58.7 Å². The fourth-order valence-corrected chi connectivity index (χ4v) is 2.53. The molecular formula is C19H18O5. The summed E-state index contributed by atoms with van der Waals surface area (Å²) in [4.78, 5) is 24.8. The molecule has 0 aromatic heterocycles. The quantitative estimate of drug-likeness (QED) is 0.636. The van der Waals surface area contributed by atoms with Gasteiger partial charge >= 0.3 is 5.97 Å². The average Bonchev–Trinajstić information content (AvgIpc) is 3.03. The number of esters is 1. The third kappa shape index (κ3) is 3.11. The molecule has 1 aliphatic heterocycles. The highest BCUT2D eigenvalue weighted by molar-refractivity contribution is 6.02. The molecule has 2 aromatic carbocycles. The summed E-state index contributed by atoms with van der Waals surface area (Å²) in [7, 11) is 0. The number of ketones is 1. The Bertz CT molecular complexity index is 809. The first-order valence-electron chi connectivity index (χ1n) is 7.68. The molecule has 1 heterocycles. The van der Waals surface area contributed by atoms with Crippen LogP contribution >= 0.6 is 0 Å². The fraction of sp³-hybridized carbons (Fsp3) is 0.263. The second-order valence-electron chi connectivity index (χ2n) is 5.80. The molecule has 124 valence electrons. The van der Waals surface area contributed by atoms with Gasteiger partial charge in [0, 0.05) is 5.56 Å². The Kier molecular flexibility index (Phi) is 4.25. The first kappa shape index (κ1) is 16.1. The normalized spacial score (nSPS) is 13.5. The summed E-state index contributed by atoms with van der Waals surface area (Å²) >= 11 is 0. The van der Waals surface area contributed by atoms with E-state index in [2.05, 4.69) is 0 Å². The van der Waals surface area contributed by atoms with Gasteiger partial charge in [0.25, 0.3) is 0 Å². The second-order valence-corrected chi connectivity index (χ2v) is 5.80. The van der Waals surface area contributed by atoms with Gasteiger partial charge in [-0.3, -0.25) is 4.79 Å². The molecule has 0 spiro atoms. The first-order valence-corrected chi connectivity index (χ1v) is 7.68. The molecule has 0 fully saturated rings. The van der Waals surface area contributed by atoms with Crippen molar-refractivity contribution in [1.29, 1.82) is 0 Å². The fourth-order valence-electron chi connectivity index (χ4n) is 2.53. The zero-order valence-corrected chi connectivity index (χ0v) is 13.8. The molecule has 0 saturated carbocycles. The van der Waals surface area contributed by atoms with E-state index in [4.69, 9.17) is 14.2 Å². The smallest absolute Gasteiger partial charge is 0.338 e. The molecule has 3 rings (SSSR count). The first-order chi connectivity index (χ1) is 11.5. The van der Waals surface area contributed by atoms with E-state index in [0.717, 1.165) is 11.1 Å². The largest absolute Gasteiger partial charge is 0.454 e. The number of ether oxygens (including phenoxy) is 3. The van der Waals surface area contributed by atoms with Gasteiger partial charge in [0.1, 0.15) is 0 Å². The summed E-state index contributed by atoms with van der Waals surface area (Å²) < 4.78 is 15.8. The second kappa shape index (κ2) is 6.35. The number of aryl methyl sites for hydroxylation is 2. The number of fused-ring (bicyclic) bond motifs is 1. The maximum Gasteiger partial charge on any atom is 0.338 e. The van der Waals surface area contributed by atoms with Crippen LogP contribution in [0.2, 0.25) is 0 Å². The summed E-state index contributed by atoms with van der Waals surface area (Å²) in [5, 5.41) is 0. The van der Waals surface area contributed by atoms with Crippen molar-refractivity contribution in [2.75, 3.05) is 6.79 Å². The Morgan fingerprint density at radius 2 is 1.79 bits per heavy atom. The summed E-state index contributed by atoms with van der Waals surface area (Å²) in [5.74, 6) is 0.300. The minimum absolute atomic E-state index is 0.134. The van der Waals surface area contributed by atoms with Crippen LogP contribution in [0.1, 0.15) is 38.8 Å². The van der Waals surface area contributed by atoms with Gasteiger partial charge in [-0.05, 0) is 50.6 Å². The van der Waals surface area contributed by atoms with E-state index in [0.29, 0.717) is 22.6 Å². The molecule has 0 aliphatic carbocycles. The molecule has 0 unspecified atom stereocenters. The molecule has 0 amide bonds. The molecule has 0 radical (unpaired) electrons. The third-order valence-electron chi connectivity index (χ3n) is 3.92. The van der Waals surface area contributed by atoms with Crippen LogP contribution in [-0.4, -0.2) is 24.6 Å². The lowest BCUT2D eigenvalue weighted by molar-refractivity contribution is 0.0318. The lowest BCUT2D eigenvalue weighted by Gasteiger charge is -2.14. The average molecular weight is 326 g/mol. The van der Waals surface area contributed by atoms with E-state index in [1.54, 1.807) is 25.1 Å². The van der Waals surface area contributed by atoms with Crippen LogP contribution in [0.4, 0.5) is 0 Å². The van der Waals surface area contributed by atoms with E-state index in [-0.39, 0.29) is 12.6 Å². The van der Waals surface area contributed by atoms with Crippen molar-refractivity contribution in [3.8, 4) is 11.5 Å². The summed E-state index contributed by atoms with van der Waals surface area (Å²) in [6.45, 7) is 5.49. The van der Waals surface area contributed by atoms with Gasteiger partial charge in [0.2, 0.25) is 12.6 Å². The van der Waals surface area contributed by atoms with Crippen molar-refractivity contribution >= 4 is 11.8 Å². The van der Waals surface area contributed by atoms with Crippen molar-refractivity contribution in [3.63, 3.8) is 0 Å². The highest BCUT2D eigenvalue weighted by Gasteiger charge is 2.23. The minimum atomic E-state index is -0.872. The topological polar surface area (TPSA) is 61.8 Å². The highest BCUT2D eigenvalue weighted by atomic mass is 16.7. The molecule has 0 bridgehead atoms. The SMILES string of the molecule is Cc1ccc(C)c(C(=O)[C@@H](C)OC(=O)c2ccc3c(c2)OCO3)c1. The van der Waals surface area contributed by atoms with Gasteiger partial charge in [-0.15, -0.1) is 0 Å². The van der Waals surface area contributed by atoms with E-state index in [9.17, 15) is 9.59 Å². The van der Waals surface area contributed by atoms with Crippen LogP contribution in [0.15, 0.2) is 36.4 Å². The Balaban J connectivity index is 1.74. The molecule has 24 heavy (non-hydrogen) atoms. The van der Waals surface area contributed by atoms with Gasteiger partial charge in [-0.2, -0.15) is 0 Å². The third-order valence-corrected chi connectivity index (χ3v) is 3.92. The Hall–Kier alpha value is -2.82. The van der Waals surface area contributed by atoms with Crippen LogP contribution in [-0.2, 0) is 4.74 Å². The lowest BCUT2D eigenvalue weighted by Crippen LogP contribution is -2.25. The van der Waals surface area contributed by atoms with Gasteiger partial charge in [0.15, 0.2) is 17.6 Å². The van der Waals surface area contributed by atoms with Gasteiger partial charge in [0.05, 0.1) is 5.56 Å². The van der Waals surface area contributed by atoms with Gasteiger partial charge in [-0.25, -0.2) is 4.79 Å². The molecule has 5 heteroatoms. The number of benzene rings is 2. The van der Waals surface area contributed by atoms with E-state index in [1.165, 1.54) is 0 Å². The van der Waals surface area contributed by atoms with Gasteiger partial charge in [-0.1, -0.05) is 17.7 Å². The highest BCUT2D eigenvalue weighted by Crippen LogP contribution is 2.32. The molecule has 0 saturated heterocycles. The predicted molar refractivity (Wildman–Crippen MR) is 87.7 cm³/mol. The van der Waals surface area contributed by atoms with Crippen LogP contribution in [0, 0.1) is 13.8 Å². The van der Waals surface area contributed by atoms with Crippen molar-refractivity contribution < 1.29 is 23.8 Å². The number of hydrogen-bond acceptors (Lipinski definition) is 5. The van der Waals surface area contributed by atoms with Crippen molar-refractivity contribution in [2.45, 2.75) is 26.9 Å². The number of carbonyl (C=O) groups is 2. The lowest BCUT2D eigenvalue weighted by atomic mass is 9.99. The van der Waals surface area contributed by atoms with E-state index in [1.807, 2.05) is 32.0 Å². The number of Topliss-reactive ketones (excluding diaryl/α,β-unsaturated/α-hetero) is 1. The Morgan fingerprint density at radius 3 is 2.58 bits per heavy atom. The number of carbonyl (C=O) groups excluding carboxylic acids is 2.